The van der Waals surface area contributed by atoms with Crippen molar-refractivity contribution in [3.05, 3.63) is 48.7 Å². The number of piperidine rings is 1. The SMILES string of the molecule is CCCCOC(=O)N1CCCC(CN(C(=O)c2ccco2)c2cccnc2)C1. The summed E-state index contributed by atoms with van der Waals surface area (Å²) in [6, 6.07) is 7.01. The largest absolute Gasteiger partial charge is 0.459 e. The van der Waals surface area contributed by atoms with E-state index in [4.69, 9.17) is 9.15 Å². The third-order valence-corrected chi connectivity index (χ3v) is 4.88. The number of unbranched alkanes of at least 4 members (excludes halogenated alkanes) is 1. The van der Waals surface area contributed by atoms with Crippen LogP contribution in [0.5, 0.6) is 0 Å². The Morgan fingerprint density at radius 2 is 2.25 bits per heavy atom. The molecule has 0 aliphatic carbocycles. The molecule has 0 aromatic carbocycles. The Hall–Kier alpha value is -2.83. The van der Waals surface area contributed by atoms with Crippen LogP contribution in [0, 0.1) is 5.92 Å². The maximum atomic E-state index is 13.0. The van der Waals surface area contributed by atoms with Crippen molar-refractivity contribution in [3.63, 3.8) is 0 Å². The predicted octanol–water partition coefficient (Wildman–Crippen LogP) is 3.97. The Balaban J connectivity index is 1.68. The van der Waals surface area contributed by atoms with Crippen molar-refractivity contribution in [1.29, 1.82) is 0 Å². The Kier molecular flexibility index (Phi) is 7.06. The quantitative estimate of drug-likeness (QED) is 0.674. The lowest BCUT2D eigenvalue weighted by atomic mass is 9.97. The van der Waals surface area contributed by atoms with E-state index in [0.29, 0.717) is 31.9 Å². The number of carbonyl (C=O) groups excluding carboxylic acids is 2. The first kappa shape index (κ1) is 19.9. The summed E-state index contributed by atoms with van der Waals surface area (Å²) in [5.74, 6) is 0.239. The molecule has 1 unspecified atom stereocenters. The smallest absolute Gasteiger partial charge is 0.409 e. The summed E-state index contributed by atoms with van der Waals surface area (Å²) < 4.78 is 10.7. The summed E-state index contributed by atoms with van der Waals surface area (Å²) in [5, 5.41) is 0. The lowest BCUT2D eigenvalue weighted by molar-refractivity contribution is 0.0827. The summed E-state index contributed by atoms with van der Waals surface area (Å²) in [6.45, 7) is 4.28. The van der Waals surface area contributed by atoms with Crippen molar-refractivity contribution in [3.8, 4) is 0 Å². The second-order valence-corrected chi connectivity index (χ2v) is 7.03. The van der Waals surface area contributed by atoms with Gasteiger partial charge in [-0.1, -0.05) is 13.3 Å². The minimum atomic E-state index is -0.261. The molecule has 2 aromatic heterocycles. The molecule has 3 heterocycles. The van der Waals surface area contributed by atoms with Gasteiger partial charge in [0.15, 0.2) is 5.76 Å². The standard InChI is InChI=1S/C21H27N3O4/c1-2-3-12-28-21(26)23-11-5-7-17(15-23)16-24(18-8-4-10-22-14-18)20(25)19-9-6-13-27-19/h4,6,8-10,13-14,17H,2-3,5,7,11-12,15-16H2,1H3. The van der Waals surface area contributed by atoms with E-state index in [-0.39, 0.29) is 23.7 Å². The first-order chi connectivity index (χ1) is 13.7. The molecule has 7 nitrogen and oxygen atoms in total. The third-order valence-electron chi connectivity index (χ3n) is 4.88. The van der Waals surface area contributed by atoms with Gasteiger partial charge in [-0.2, -0.15) is 0 Å². The molecule has 28 heavy (non-hydrogen) atoms. The van der Waals surface area contributed by atoms with Gasteiger partial charge in [-0.25, -0.2) is 4.79 Å². The second kappa shape index (κ2) is 9.92. The zero-order valence-corrected chi connectivity index (χ0v) is 16.3. The Bertz CT molecular complexity index is 748. The lowest BCUT2D eigenvalue weighted by Crippen LogP contribution is -2.45. The van der Waals surface area contributed by atoms with Gasteiger partial charge in [0.1, 0.15) is 0 Å². The topological polar surface area (TPSA) is 75.9 Å². The van der Waals surface area contributed by atoms with Crippen LogP contribution in [0.3, 0.4) is 0 Å². The fraction of sp³-hybridized carbons (Fsp3) is 0.476. The molecule has 0 radical (unpaired) electrons. The van der Waals surface area contributed by atoms with Crippen molar-refractivity contribution in [2.45, 2.75) is 32.6 Å². The number of hydrogen-bond acceptors (Lipinski definition) is 5. The summed E-state index contributed by atoms with van der Waals surface area (Å²) in [7, 11) is 0. The molecule has 1 aliphatic rings. The average Bonchev–Trinajstić information content (AvgIpc) is 3.27. The monoisotopic (exact) mass is 385 g/mol. The Labute approximate surface area is 165 Å². The maximum Gasteiger partial charge on any atom is 0.409 e. The van der Waals surface area contributed by atoms with E-state index in [1.807, 2.05) is 6.07 Å². The Morgan fingerprint density at radius 3 is 2.96 bits per heavy atom. The summed E-state index contributed by atoms with van der Waals surface area (Å²) >= 11 is 0. The van der Waals surface area contributed by atoms with Gasteiger partial charge in [0.05, 0.1) is 24.8 Å². The fourth-order valence-corrected chi connectivity index (χ4v) is 3.39. The molecule has 2 aromatic rings. The molecule has 1 atom stereocenters. The number of pyridine rings is 1. The van der Waals surface area contributed by atoms with E-state index in [0.717, 1.165) is 25.7 Å². The van der Waals surface area contributed by atoms with Crippen molar-refractivity contribution >= 4 is 17.7 Å². The van der Waals surface area contributed by atoms with Gasteiger partial charge in [-0.15, -0.1) is 0 Å². The van der Waals surface area contributed by atoms with Crippen molar-refractivity contribution < 1.29 is 18.7 Å². The predicted molar refractivity (Wildman–Crippen MR) is 105 cm³/mol. The fourth-order valence-electron chi connectivity index (χ4n) is 3.39. The molecular formula is C21H27N3O4. The highest BCUT2D eigenvalue weighted by molar-refractivity contribution is 6.04. The number of carbonyl (C=O) groups is 2. The van der Waals surface area contributed by atoms with Gasteiger partial charge in [0.2, 0.25) is 0 Å². The molecule has 1 aliphatic heterocycles. The minimum absolute atomic E-state index is 0.159. The molecule has 3 rings (SSSR count). The van der Waals surface area contributed by atoms with E-state index in [2.05, 4.69) is 11.9 Å². The number of aromatic nitrogens is 1. The van der Waals surface area contributed by atoms with Gasteiger partial charge in [0, 0.05) is 25.8 Å². The number of furan rings is 1. The van der Waals surface area contributed by atoms with Gasteiger partial charge in [-0.3, -0.25) is 9.78 Å². The van der Waals surface area contributed by atoms with Crippen LogP contribution in [0.25, 0.3) is 0 Å². The summed E-state index contributed by atoms with van der Waals surface area (Å²) in [6.07, 6.45) is 8.27. The number of rotatable bonds is 7. The van der Waals surface area contributed by atoms with E-state index in [1.165, 1.54) is 6.26 Å². The van der Waals surface area contributed by atoms with Crippen molar-refractivity contribution in [2.24, 2.45) is 5.92 Å². The van der Waals surface area contributed by atoms with Gasteiger partial charge < -0.3 is 19.0 Å². The zero-order valence-electron chi connectivity index (χ0n) is 16.3. The number of amides is 2. The van der Waals surface area contributed by atoms with Crippen LogP contribution in [0.4, 0.5) is 10.5 Å². The highest BCUT2D eigenvalue weighted by Crippen LogP contribution is 2.23. The second-order valence-electron chi connectivity index (χ2n) is 7.03. The van der Waals surface area contributed by atoms with E-state index >= 15 is 0 Å². The van der Waals surface area contributed by atoms with Gasteiger partial charge in [-0.05, 0) is 49.4 Å². The maximum absolute atomic E-state index is 13.0. The number of ether oxygens (including phenoxy) is 1. The first-order valence-corrected chi connectivity index (χ1v) is 9.86. The van der Waals surface area contributed by atoms with Crippen LogP contribution in [0.2, 0.25) is 0 Å². The van der Waals surface area contributed by atoms with Crippen molar-refractivity contribution in [2.75, 3.05) is 31.1 Å². The third kappa shape index (κ3) is 5.12. The molecule has 1 fully saturated rings. The first-order valence-electron chi connectivity index (χ1n) is 9.86. The number of nitrogens with zero attached hydrogens (tertiary/aromatic N) is 3. The molecule has 0 N–H and O–H groups in total. The number of likely N-dealkylation sites (tertiary alicyclic amines) is 1. The normalized spacial score (nSPS) is 16.6. The van der Waals surface area contributed by atoms with Crippen LogP contribution in [0.1, 0.15) is 43.2 Å². The van der Waals surface area contributed by atoms with Gasteiger partial charge in [0.25, 0.3) is 5.91 Å². The molecule has 0 bridgehead atoms. The molecule has 1 saturated heterocycles. The van der Waals surface area contributed by atoms with E-state index in [9.17, 15) is 9.59 Å². The molecule has 7 heteroatoms. The lowest BCUT2D eigenvalue weighted by Gasteiger charge is -2.35. The van der Waals surface area contributed by atoms with Crippen LogP contribution < -0.4 is 4.90 Å². The summed E-state index contributed by atoms with van der Waals surface area (Å²) in [4.78, 5) is 32.8. The van der Waals surface area contributed by atoms with E-state index < -0.39 is 0 Å². The average molecular weight is 385 g/mol. The zero-order chi connectivity index (χ0) is 19.8. The van der Waals surface area contributed by atoms with Crippen LogP contribution in [-0.4, -0.2) is 48.1 Å². The highest BCUT2D eigenvalue weighted by Gasteiger charge is 2.29. The summed E-state index contributed by atoms with van der Waals surface area (Å²) in [5.41, 5.74) is 0.714. The van der Waals surface area contributed by atoms with Crippen LogP contribution in [0.15, 0.2) is 47.3 Å². The minimum Gasteiger partial charge on any atom is -0.459 e. The molecule has 150 valence electrons. The Morgan fingerprint density at radius 1 is 1.36 bits per heavy atom. The molecule has 0 spiro atoms. The van der Waals surface area contributed by atoms with Crippen molar-refractivity contribution in [1.82, 2.24) is 9.88 Å². The molecule has 2 amide bonds. The highest BCUT2D eigenvalue weighted by atomic mass is 16.6. The van der Waals surface area contributed by atoms with Crippen LogP contribution >= 0.6 is 0 Å². The number of hydrogen-bond donors (Lipinski definition) is 0. The molecule has 0 saturated carbocycles. The number of anilines is 1. The van der Waals surface area contributed by atoms with E-state index in [1.54, 1.807) is 40.4 Å². The van der Waals surface area contributed by atoms with Crippen LogP contribution in [-0.2, 0) is 4.74 Å². The molecular weight excluding hydrogens is 358 g/mol. The van der Waals surface area contributed by atoms with Gasteiger partial charge >= 0.3 is 6.09 Å².